The number of halogens is 2. The molecule has 0 aromatic heterocycles. The van der Waals surface area contributed by atoms with Gasteiger partial charge in [-0.05, 0) is 18.2 Å². The topological polar surface area (TPSA) is 49.4 Å². The van der Waals surface area contributed by atoms with Gasteiger partial charge in [0.2, 0.25) is 11.8 Å². The van der Waals surface area contributed by atoms with Crippen LogP contribution in [0, 0.1) is 0 Å². The highest BCUT2D eigenvalue weighted by atomic mass is 79.9. The first kappa shape index (κ1) is 14.0. The Morgan fingerprint density at radius 3 is 2.76 bits per heavy atom. The lowest BCUT2D eigenvalue weighted by Crippen LogP contribution is -2.35. The molecule has 0 unspecified atom stereocenters. The number of benzene rings is 1. The van der Waals surface area contributed by atoms with E-state index in [1.54, 1.807) is 12.1 Å². The summed E-state index contributed by atoms with van der Waals surface area (Å²) in [6, 6.07) is 7.22. The lowest BCUT2D eigenvalue weighted by Gasteiger charge is -2.15. The minimum absolute atomic E-state index is 0.0158. The van der Waals surface area contributed by atoms with Crippen LogP contribution in [0.15, 0.2) is 28.7 Å². The molecule has 0 fully saturated rings. The second-order valence-electron chi connectivity index (χ2n) is 3.44. The summed E-state index contributed by atoms with van der Waals surface area (Å²) in [5, 5.41) is 2.69. The summed E-state index contributed by atoms with van der Waals surface area (Å²) >= 11 is 8.69. The van der Waals surface area contributed by atoms with E-state index in [1.807, 2.05) is 12.1 Å². The van der Waals surface area contributed by atoms with Crippen molar-refractivity contribution in [3.05, 3.63) is 28.7 Å². The van der Waals surface area contributed by atoms with Crippen molar-refractivity contribution in [2.75, 3.05) is 24.8 Å². The van der Waals surface area contributed by atoms with E-state index in [4.69, 9.17) is 11.6 Å². The normalized spacial score (nSPS) is 9.82. The number of rotatable bonds is 4. The van der Waals surface area contributed by atoms with Gasteiger partial charge in [-0.15, -0.1) is 11.6 Å². The summed E-state index contributed by atoms with van der Waals surface area (Å²) in [6.45, 7) is -0.0158. The molecule has 1 aromatic rings. The Balaban J connectivity index is 2.53. The number of nitrogens with zero attached hydrogens (tertiary/aromatic N) is 1. The highest BCUT2D eigenvalue weighted by Crippen LogP contribution is 2.15. The molecular weight excluding hydrogens is 307 g/mol. The zero-order chi connectivity index (χ0) is 12.8. The number of likely N-dealkylation sites (N-methyl/N-ethyl adjacent to an activating group) is 1. The van der Waals surface area contributed by atoms with Gasteiger partial charge in [0, 0.05) is 17.2 Å². The van der Waals surface area contributed by atoms with Crippen molar-refractivity contribution in [2.24, 2.45) is 0 Å². The fourth-order valence-corrected chi connectivity index (χ4v) is 1.78. The van der Waals surface area contributed by atoms with Gasteiger partial charge in [-0.3, -0.25) is 9.59 Å². The summed E-state index contributed by atoms with van der Waals surface area (Å²) in [4.78, 5) is 24.0. The minimum atomic E-state index is -0.281. The molecule has 0 aliphatic heterocycles. The Morgan fingerprint density at radius 2 is 2.18 bits per heavy atom. The van der Waals surface area contributed by atoms with Crippen molar-refractivity contribution in [1.29, 1.82) is 0 Å². The number of hydrogen-bond donors (Lipinski definition) is 1. The van der Waals surface area contributed by atoms with Gasteiger partial charge >= 0.3 is 0 Å². The number of alkyl halides is 1. The van der Waals surface area contributed by atoms with Crippen LogP contribution >= 0.6 is 27.5 Å². The van der Waals surface area contributed by atoms with Gasteiger partial charge in [-0.1, -0.05) is 22.0 Å². The summed E-state index contributed by atoms with van der Waals surface area (Å²) < 4.78 is 0.875. The Bertz CT molecular complexity index is 426. The minimum Gasteiger partial charge on any atom is -0.335 e. The molecule has 4 nitrogen and oxygen atoms in total. The molecule has 0 aliphatic rings. The largest absolute Gasteiger partial charge is 0.335 e. The predicted molar refractivity (Wildman–Crippen MR) is 71.1 cm³/mol. The van der Waals surface area contributed by atoms with E-state index >= 15 is 0 Å². The summed E-state index contributed by atoms with van der Waals surface area (Å²) in [5.74, 6) is -0.666. The zero-order valence-electron chi connectivity index (χ0n) is 9.24. The van der Waals surface area contributed by atoms with Crippen LogP contribution in [-0.2, 0) is 9.59 Å². The van der Waals surface area contributed by atoms with Gasteiger partial charge in [0.1, 0.15) is 5.88 Å². The Hall–Kier alpha value is -1.07. The van der Waals surface area contributed by atoms with E-state index in [2.05, 4.69) is 21.2 Å². The van der Waals surface area contributed by atoms with E-state index in [0.29, 0.717) is 5.69 Å². The number of amides is 2. The van der Waals surface area contributed by atoms with Crippen molar-refractivity contribution in [3.63, 3.8) is 0 Å². The third-order valence-electron chi connectivity index (χ3n) is 2.03. The molecule has 92 valence electrons. The van der Waals surface area contributed by atoms with E-state index in [9.17, 15) is 9.59 Å². The Kier molecular flexibility index (Phi) is 5.44. The average Bonchev–Trinajstić information content (AvgIpc) is 2.27. The highest BCUT2D eigenvalue weighted by Gasteiger charge is 2.11. The van der Waals surface area contributed by atoms with E-state index in [-0.39, 0.29) is 24.2 Å². The monoisotopic (exact) mass is 318 g/mol. The number of hydrogen-bond acceptors (Lipinski definition) is 2. The first-order chi connectivity index (χ1) is 8.02. The van der Waals surface area contributed by atoms with Gasteiger partial charge in [0.25, 0.3) is 0 Å². The number of carbonyl (C=O) groups excluding carboxylic acids is 2. The number of carbonyl (C=O) groups is 2. The standard InChI is InChI=1S/C11H12BrClN2O2/c1-15(11(17)6-13)7-10(16)14-9-4-2-3-8(12)5-9/h2-5H,6-7H2,1H3,(H,14,16). The molecule has 1 aromatic carbocycles. The molecule has 0 bridgehead atoms. The van der Waals surface area contributed by atoms with Crippen molar-refractivity contribution in [1.82, 2.24) is 4.90 Å². The van der Waals surface area contributed by atoms with Crippen LogP contribution in [0.1, 0.15) is 0 Å². The molecule has 0 spiro atoms. The van der Waals surface area contributed by atoms with Crippen molar-refractivity contribution in [3.8, 4) is 0 Å². The summed E-state index contributed by atoms with van der Waals surface area (Å²) in [5.41, 5.74) is 0.677. The first-order valence-electron chi connectivity index (χ1n) is 4.88. The molecular formula is C11H12BrClN2O2. The van der Waals surface area contributed by atoms with E-state index < -0.39 is 0 Å². The molecule has 1 rings (SSSR count). The third kappa shape index (κ3) is 4.75. The first-order valence-corrected chi connectivity index (χ1v) is 6.21. The fourth-order valence-electron chi connectivity index (χ4n) is 1.17. The molecule has 0 saturated heterocycles. The molecule has 17 heavy (non-hydrogen) atoms. The van der Waals surface area contributed by atoms with E-state index in [0.717, 1.165) is 4.47 Å². The quantitative estimate of drug-likeness (QED) is 0.864. The number of anilines is 1. The maximum atomic E-state index is 11.6. The number of nitrogens with one attached hydrogen (secondary N) is 1. The predicted octanol–water partition coefficient (Wildman–Crippen LogP) is 2.08. The van der Waals surface area contributed by atoms with Crippen molar-refractivity contribution < 1.29 is 9.59 Å². The average molecular weight is 320 g/mol. The van der Waals surface area contributed by atoms with Crippen LogP contribution in [-0.4, -0.2) is 36.2 Å². The maximum absolute atomic E-state index is 11.6. The lowest BCUT2D eigenvalue weighted by molar-refractivity contribution is -0.131. The van der Waals surface area contributed by atoms with E-state index in [1.165, 1.54) is 11.9 Å². The van der Waals surface area contributed by atoms with Gasteiger partial charge in [0.15, 0.2) is 0 Å². The molecule has 1 N–H and O–H groups in total. The van der Waals surface area contributed by atoms with Gasteiger partial charge in [-0.2, -0.15) is 0 Å². The van der Waals surface area contributed by atoms with Crippen LogP contribution in [0.2, 0.25) is 0 Å². The van der Waals surface area contributed by atoms with Gasteiger partial charge in [0.05, 0.1) is 6.54 Å². The van der Waals surface area contributed by atoms with Crippen LogP contribution in [0.25, 0.3) is 0 Å². The molecule has 0 saturated carbocycles. The smallest absolute Gasteiger partial charge is 0.243 e. The van der Waals surface area contributed by atoms with Gasteiger partial charge in [-0.25, -0.2) is 0 Å². The lowest BCUT2D eigenvalue weighted by atomic mass is 10.3. The van der Waals surface area contributed by atoms with Crippen LogP contribution in [0.5, 0.6) is 0 Å². The van der Waals surface area contributed by atoms with Crippen LogP contribution in [0.3, 0.4) is 0 Å². The maximum Gasteiger partial charge on any atom is 0.243 e. The van der Waals surface area contributed by atoms with Crippen molar-refractivity contribution >= 4 is 45.0 Å². The molecule has 0 aliphatic carbocycles. The zero-order valence-corrected chi connectivity index (χ0v) is 11.6. The third-order valence-corrected chi connectivity index (χ3v) is 2.75. The van der Waals surface area contributed by atoms with Gasteiger partial charge < -0.3 is 10.2 Å². The molecule has 0 radical (unpaired) electrons. The van der Waals surface area contributed by atoms with Crippen LogP contribution < -0.4 is 5.32 Å². The Morgan fingerprint density at radius 1 is 1.47 bits per heavy atom. The molecule has 2 amide bonds. The van der Waals surface area contributed by atoms with Crippen molar-refractivity contribution in [2.45, 2.75) is 0 Å². The summed E-state index contributed by atoms with van der Waals surface area (Å²) in [6.07, 6.45) is 0. The molecule has 0 heterocycles. The molecule has 0 atom stereocenters. The van der Waals surface area contributed by atoms with Crippen LogP contribution in [0.4, 0.5) is 5.69 Å². The second kappa shape index (κ2) is 6.61. The molecule has 6 heteroatoms. The highest BCUT2D eigenvalue weighted by molar-refractivity contribution is 9.10. The second-order valence-corrected chi connectivity index (χ2v) is 4.62. The fraction of sp³-hybridized carbons (Fsp3) is 0.273. The SMILES string of the molecule is CN(CC(=O)Nc1cccc(Br)c1)C(=O)CCl. The Labute approximate surface area is 113 Å². The summed E-state index contributed by atoms with van der Waals surface area (Å²) in [7, 11) is 1.53.